The highest BCUT2D eigenvalue weighted by molar-refractivity contribution is 5.91. The summed E-state index contributed by atoms with van der Waals surface area (Å²) in [5.41, 5.74) is 6.11. The normalized spacial score (nSPS) is 17.0. The van der Waals surface area contributed by atoms with E-state index < -0.39 is 11.9 Å². The summed E-state index contributed by atoms with van der Waals surface area (Å²) in [7, 11) is 0. The molecule has 0 spiro atoms. The predicted octanol–water partition coefficient (Wildman–Crippen LogP) is -0.631. The molecule has 1 atom stereocenters. The van der Waals surface area contributed by atoms with Crippen LogP contribution in [0.1, 0.15) is 18.4 Å². The number of benzene rings is 1. The monoisotopic (exact) mass is 318 g/mol. The molecule has 4 N–H and O–H groups in total. The van der Waals surface area contributed by atoms with Gasteiger partial charge in [0.25, 0.3) is 0 Å². The number of carbonyl (C=O) groups is 3. The summed E-state index contributed by atoms with van der Waals surface area (Å²) in [5, 5.41) is 5.55. The minimum atomic E-state index is -0.598. The van der Waals surface area contributed by atoms with E-state index >= 15 is 0 Å². The van der Waals surface area contributed by atoms with E-state index in [1.165, 1.54) is 0 Å². The number of amides is 3. The van der Waals surface area contributed by atoms with Gasteiger partial charge in [-0.1, -0.05) is 30.3 Å². The van der Waals surface area contributed by atoms with Gasteiger partial charge in [-0.05, 0) is 18.4 Å². The van der Waals surface area contributed by atoms with Crippen molar-refractivity contribution in [3.63, 3.8) is 0 Å². The van der Waals surface area contributed by atoms with Crippen molar-refractivity contribution in [2.75, 3.05) is 19.6 Å². The summed E-state index contributed by atoms with van der Waals surface area (Å²) in [4.78, 5) is 36.6. The Bertz CT molecular complexity index is 562. The quantitative estimate of drug-likeness (QED) is 0.622. The summed E-state index contributed by atoms with van der Waals surface area (Å²) in [6.45, 7) is 1.12. The molecule has 1 aromatic carbocycles. The average Bonchev–Trinajstić information content (AvgIpc) is 3.03. The van der Waals surface area contributed by atoms with Crippen molar-refractivity contribution >= 4 is 17.7 Å². The number of hydrogen-bond acceptors (Lipinski definition) is 4. The van der Waals surface area contributed by atoms with Crippen molar-refractivity contribution < 1.29 is 14.4 Å². The number of primary amides is 1. The van der Waals surface area contributed by atoms with Gasteiger partial charge in [0.05, 0.1) is 13.1 Å². The lowest BCUT2D eigenvalue weighted by atomic mass is 10.2. The standard InChI is InChI=1S/C16H22N4O3/c17-14(21)10-19-16(23)13-7-4-8-20(13)15(22)11-18-9-12-5-2-1-3-6-12/h1-3,5-6,13,18H,4,7-11H2,(H2,17,21)(H,19,23)/t13-/m0/s1. The van der Waals surface area contributed by atoms with E-state index in [9.17, 15) is 14.4 Å². The van der Waals surface area contributed by atoms with Crippen molar-refractivity contribution in [2.45, 2.75) is 25.4 Å². The molecule has 0 bridgehead atoms. The van der Waals surface area contributed by atoms with Crippen LogP contribution in [-0.4, -0.2) is 48.3 Å². The van der Waals surface area contributed by atoms with E-state index in [0.29, 0.717) is 19.5 Å². The van der Waals surface area contributed by atoms with Crippen molar-refractivity contribution in [1.82, 2.24) is 15.5 Å². The number of nitrogens with zero attached hydrogens (tertiary/aromatic N) is 1. The van der Waals surface area contributed by atoms with Gasteiger partial charge in [0.2, 0.25) is 17.7 Å². The van der Waals surface area contributed by atoms with Gasteiger partial charge in [-0.25, -0.2) is 0 Å². The third-order valence-corrected chi connectivity index (χ3v) is 3.76. The molecule has 0 saturated carbocycles. The van der Waals surface area contributed by atoms with Gasteiger partial charge in [0, 0.05) is 13.1 Å². The van der Waals surface area contributed by atoms with Crippen molar-refractivity contribution in [3.8, 4) is 0 Å². The molecular weight excluding hydrogens is 296 g/mol. The molecule has 1 aliphatic rings. The Morgan fingerprint density at radius 2 is 1.91 bits per heavy atom. The molecule has 2 rings (SSSR count). The summed E-state index contributed by atoms with van der Waals surface area (Å²) >= 11 is 0. The molecule has 1 saturated heterocycles. The Labute approximate surface area is 135 Å². The molecular formula is C16H22N4O3. The topological polar surface area (TPSA) is 105 Å². The second kappa shape index (κ2) is 8.28. The van der Waals surface area contributed by atoms with Gasteiger partial charge in [-0.3, -0.25) is 14.4 Å². The summed E-state index contributed by atoms with van der Waals surface area (Å²) < 4.78 is 0. The van der Waals surface area contributed by atoms with Crippen LogP contribution < -0.4 is 16.4 Å². The Hall–Kier alpha value is -2.41. The van der Waals surface area contributed by atoms with Crippen LogP contribution in [0.25, 0.3) is 0 Å². The zero-order valence-electron chi connectivity index (χ0n) is 13.0. The number of hydrogen-bond donors (Lipinski definition) is 3. The Kier molecular flexibility index (Phi) is 6.10. The van der Waals surface area contributed by atoms with Gasteiger partial charge >= 0.3 is 0 Å². The largest absolute Gasteiger partial charge is 0.368 e. The van der Waals surface area contributed by atoms with Crippen molar-refractivity contribution in [3.05, 3.63) is 35.9 Å². The third kappa shape index (κ3) is 5.07. The van der Waals surface area contributed by atoms with Crippen LogP contribution in [-0.2, 0) is 20.9 Å². The highest BCUT2D eigenvalue weighted by atomic mass is 16.2. The third-order valence-electron chi connectivity index (χ3n) is 3.76. The minimum absolute atomic E-state index is 0.113. The van der Waals surface area contributed by atoms with E-state index in [1.807, 2.05) is 30.3 Å². The predicted molar refractivity (Wildman–Crippen MR) is 85.1 cm³/mol. The van der Waals surface area contributed by atoms with Crippen molar-refractivity contribution in [1.29, 1.82) is 0 Å². The Balaban J connectivity index is 1.80. The minimum Gasteiger partial charge on any atom is -0.368 e. The molecule has 124 valence electrons. The first-order chi connectivity index (χ1) is 11.1. The number of carbonyl (C=O) groups excluding carboxylic acids is 3. The first-order valence-corrected chi connectivity index (χ1v) is 7.68. The van der Waals surface area contributed by atoms with Crippen LogP contribution in [0.2, 0.25) is 0 Å². The van der Waals surface area contributed by atoms with E-state index in [0.717, 1.165) is 12.0 Å². The molecule has 0 aromatic heterocycles. The molecule has 1 fully saturated rings. The molecule has 1 aromatic rings. The lowest BCUT2D eigenvalue weighted by Gasteiger charge is -2.24. The molecule has 1 heterocycles. The maximum absolute atomic E-state index is 12.3. The van der Waals surface area contributed by atoms with Crippen LogP contribution in [0.4, 0.5) is 0 Å². The number of nitrogens with one attached hydrogen (secondary N) is 2. The molecule has 23 heavy (non-hydrogen) atoms. The van der Waals surface area contributed by atoms with Gasteiger partial charge < -0.3 is 21.3 Å². The second-order valence-corrected chi connectivity index (χ2v) is 5.52. The Morgan fingerprint density at radius 3 is 2.61 bits per heavy atom. The van der Waals surface area contributed by atoms with Crippen LogP contribution in [0.15, 0.2) is 30.3 Å². The lowest BCUT2D eigenvalue weighted by Crippen LogP contribution is -2.49. The van der Waals surface area contributed by atoms with Crippen LogP contribution >= 0.6 is 0 Å². The summed E-state index contributed by atoms with van der Waals surface area (Å²) in [6, 6.07) is 9.27. The average molecular weight is 318 g/mol. The molecule has 3 amide bonds. The molecule has 1 aliphatic heterocycles. The molecule has 0 radical (unpaired) electrons. The van der Waals surface area contributed by atoms with Gasteiger partial charge in [0.1, 0.15) is 6.04 Å². The Morgan fingerprint density at radius 1 is 1.17 bits per heavy atom. The molecule has 7 nitrogen and oxygen atoms in total. The number of rotatable bonds is 7. The molecule has 7 heteroatoms. The SMILES string of the molecule is NC(=O)CNC(=O)[C@@H]1CCCN1C(=O)CNCc1ccccc1. The summed E-state index contributed by atoms with van der Waals surface area (Å²) in [5.74, 6) is -1.03. The number of likely N-dealkylation sites (tertiary alicyclic amines) is 1. The maximum atomic E-state index is 12.3. The first kappa shape index (κ1) is 17.0. The van der Waals surface area contributed by atoms with E-state index in [-0.39, 0.29) is 24.9 Å². The van der Waals surface area contributed by atoms with E-state index in [2.05, 4.69) is 10.6 Å². The molecule has 0 aliphatic carbocycles. The maximum Gasteiger partial charge on any atom is 0.243 e. The smallest absolute Gasteiger partial charge is 0.243 e. The van der Waals surface area contributed by atoms with Crippen LogP contribution in [0.5, 0.6) is 0 Å². The van der Waals surface area contributed by atoms with Gasteiger partial charge in [-0.2, -0.15) is 0 Å². The fourth-order valence-corrected chi connectivity index (χ4v) is 2.64. The van der Waals surface area contributed by atoms with Gasteiger partial charge in [-0.15, -0.1) is 0 Å². The number of nitrogens with two attached hydrogens (primary N) is 1. The highest BCUT2D eigenvalue weighted by Gasteiger charge is 2.33. The van der Waals surface area contributed by atoms with Crippen LogP contribution in [0, 0.1) is 0 Å². The summed E-state index contributed by atoms with van der Waals surface area (Å²) in [6.07, 6.45) is 1.38. The molecule has 0 unspecified atom stereocenters. The fourth-order valence-electron chi connectivity index (χ4n) is 2.64. The van der Waals surface area contributed by atoms with E-state index in [4.69, 9.17) is 5.73 Å². The second-order valence-electron chi connectivity index (χ2n) is 5.52. The van der Waals surface area contributed by atoms with Gasteiger partial charge in [0.15, 0.2) is 0 Å². The van der Waals surface area contributed by atoms with Crippen molar-refractivity contribution in [2.24, 2.45) is 5.73 Å². The fraction of sp³-hybridized carbons (Fsp3) is 0.438. The zero-order chi connectivity index (χ0) is 16.7. The van der Waals surface area contributed by atoms with E-state index in [1.54, 1.807) is 4.90 Å². The lowest BCUT2D eigenvalue weighted by molar-refractivity contribution is -0.138. The first-order valence-electron chi connectivity index (χ1n) is 7.68. The van der Waals surface area contributed by atoms with Crippen LogP contribution in [0.3, 0.4) is 0 Å². The zero-order valence-corrected chi connectivity index (χ0v) is 13.0. The highest BCUT2D eigenvalue weighted by Crippen LogP contribution is 2.17.